The fourth-order valence-corrected chi connectivity index (χ4v) is 1.38. The molecule has 3 nitrogen and oxygen atoms in total. The maximum absolute atomic E-state index is 6.04. The Balaban J connectivity index is 2.80. The fourth-order valence-electron chi connectivity index (χ4n) is 1.38. The van der Waals surface area contributed by atoms with E-state index in [1.807, 2.05) is 12.3 Å². The predicted molar refractivity (Wildman–Crippen MR) is 75.8 cm³/mol. The van der Waals surface area contributed by atoms with Crippen molar-refractivity contribution in [1.29, 1.82) is 0 Å². The summed E-state index contributed by atoms with van der Waals surface area (Å²) in [6, 6.07) is 2.01. The Morgan fingerprint density at radius 2 is 1.89 bits per heavy atom. The molecule has 1 rings (SSSR count). The quantitative estimate of drug-likeness (QED) is 0.868. The van der Waals surface area contributed by atoms with E-state index in [9.17, 15) is 0 Å². The number of pyridine rings is 1. The standard InChI is InChI=1S/C15H26N2O/c1-7-15(5,6)18-13-11-16-9-8-12(13)10-17-14(2,3)4/h8-9,11,17H,7,10H2,1-6H3. The minimum Gasteiger partial charge on any atom is -0.486 e. The molecule has 18 heavy (non-hydrogen) atoms. The predicted octanol–water partition coefficient (Wildman–Crippen LogP) is 3.54. The van der Waals surface area contributed by atoms with E-state index in [0.717, 1.165) is 24.3 Å². The van der Waals surface area contributed by atoms with Crippen molar-refractivity contribution in [2.45, 2.75) is 65.6 Å². The Morgan fingerprint density at radius 3 is 2.44 bits per heavy atom. The van der Waals surface area contributed by atoms with Crippen molar-refractivity contribution in [2.75, 3.05) is 0 Å². The van der Waals surface area contributed by atoms with Crippen molar-refractivity contribution in [2.24, 2.45) is 0 Å². The van der Waals surface area contributed by atoms with Gasteiger partial charge in [0.15, 0.2) is 0 Å². The highest BCUT2D eigenvalue weighted by Crippen LogP contribution is 2.24. The van der Waals surface area contributed by atoms with Gasteiger partial charge in [-0.3, -0.25) is 4.98 Å². The maximum Gasteiger partial charge on any atom is 0.142 e. The largest absolute Gasteiger partial charge is 0.486 e. The van der Waals surface area contributed by atoms with Crippen molar-refractivity contribution in [1.82, 2.24) is 10.3 Å². The topological polar surface area (TPSA) is 34.1 Å². The molecule has 0 aliphatic heterocycles. The molecule has 0 fully saturated rings. The van der Waals surface area contributed by atoms with Crippen LogP contribution in [-0.2, 0) is 6.54 Å². The van der Waals surface area contributed by atoms with Gasteiger partial charge in [0.1, 0.15) is 11.4 Å². The molecule has 0 radical (unpaired) electrons. The van der Waals surface area contributed by atoms with Gasteiger partial charge < -0.3 is 10.1 Å². The van der Waals surface area contributed by atoms with E-state index >= 15 is 0 Å². The van der Waals surface area contributed by atoms with Crippen LogP contribution >= 0.6 is 0 Å². The van der Waals surface area contributed by atoms with Gasteiger partial charge in [0.2, 0.25) is 0 Å². The van der Waals surface area contributed by atoms with Crippen LogP contribution in [0.15, 0.2) is 18.5 Å². The Kier molecular flexibility index (Phi) is 4.74. The molecule has 0 spiro atoms. The third-order valence-corrected chi connectivity index (χ3v) is 2.92. The lowest BCUT2D eigenvalue weighted by Crippen LogP contribution is -2.35. The number of hydrogen-bond donors (Lipinski definition) is 1. The summed E-state index contributed by atoms with van der Waals surface area (Å²) in [6.45, 7) is 13.6. The van der Waals surface area contributed by atoms with Crippen LogP contribution in [0.4, 0.5) is 0 Å². The molecule has 1 N–H and O–H groups in total. The number of aromatic nitrogens is 1. The van der Waals surface area contributed by atoms with Gasteiger partial charge in [-0.1, -0.05) is 6.92 Å². The smallest absolute Gasteiger partial charge is 0.142 e. The summed E-state index contributed by atoms with van der Waals surface area (Å²) in [5.74, 6) is 0.876. The zero-order valence-electron chi connectivity index (χ0n) is 12.5. The highest BCUT2D eigenvalue weighted by molar-refractivity contribution is 5.30. The molecule has 0 saturated carbocycles. The summed E-state index contributed by atoms with van der Waals surface area (Å²) in [6.07, 6.45) is 4.58. The molecule has 1 heterocycles. The second-order valence-corrected chi connectivity index (χ2v) is 6.30. The van der Waals surface area contributed by atoms with Crippen molar-refractivity contribution >= 4 is 0 Å². The first-order valence-corrected chi connectivity index (χ1v) is 6.60. The summed E-state index contributed by atoms with van der Waals surface area (Å²) < 4.78 is 6.04. The van der Waals surface area contributed by atoms with E-state index in [4.69, 9.17) is 4.74 Å². The highest BCUT2D eigenvalue weighted by Gasteiger charge is 2.19. The number of ether oxygens (including phenoxy) is 1. The first-order chi connectivity index (χ1) is 8.23. The number of nitrogens with one attached hydrogen (secondary N) is 1. The van der Waals surface area contributed by atoms with Gasteiger partial charge in [-0.2, -0.15) is 0 Å². The zero-order valence-corrected chi connectivity index (χ0v) is 12.5. The van der Waals surface area contributed by atoms with Crippen molar-refractivity contribution in [3.05, 3.63) is 24.0 Å². The van der Waals surface area contributed by atoms with Crippen LogP contribution in [0, 0.1) is 0 Å². The van der Waals surface area contributed by atoms with Gasteiger partial charge in [0.05, 0.1) is 6.20 Å². The lowest BCUT2D eigenvalue weighted by Gasteiger charge is -2.27. The molecule has 0 aliphatic carbocycles. The lowest BCUT2D eigenvalue weighted by molar-refractivity contribution is 0.103. The summed E-state index contributed by atoms with van der Waals surface area (Å²) in [4.78, 5) is 4.16. The minimum atomic E-state index is -0.153. The number of hydrogen-bond acceptors (Lipinski definition) is 3. The summed E-state index contributed by atoms with van der Waals surface area (Å²) in [7, 11) is 0. The van der Waals surface area contributed by atoms with E-state index in [1.54, 1.807) is 6.20 Å². The molecule has 0 saturated heterocycles. The monoisotopic (exact) mass is 250 g/mol. The highest BCUT2D eigenvalue weighted by atomic mass is 16.5. The SMILES string of the molecule is CCC(C)(C)Oc1cnccc1CNC(C)(C)C. The summed E-state index contributed by atoms with van der Waals surface area (Å²) in [5.41, 5.74) is 1.10. The third-order valence-electron chi connectivity index (χ3n) is 2.92. The normalized spacial score (nSPS) is 12.6. The Bertz CT molecular complexity index is 380. The first-order valence-electron chi connectivity index (χ1n) is 6.60. The molecule has 1 aromatic heterocycles. The average molecular weight is 250 g/mol. The van der Waals surface area contributed by atoms with Crippen molar-refractivity contribution in [3.63, 3.8) is 0 Å². The molecular formula is C15H26N2O. The Hall–Kier alpha value is -1.09. The molecule has 0 aliphatic rings. The number of nitrogens with zero attached hydrogens (tertiary/aromatic N) is 1. The van der Waals surface area contributed by atoms with Gasteiger partial charge in [0.25, 0.3) is 0 Å². The van der Waals surface area contributed by atoms with E-state index < -0.39 is 0 Å². The van der Waals surface area contributed by atoms with Crippen LogP contribution in [0.1, 0.15) is 53.5 Å². The second kappa shape index (κ2) is 5.70. The van der Waals surface area contributed by atoms with Gasteiger partial charge in [-0.15, -0.1) is 0 Å². The van der Waals surface area contributed by atoms with Crippen LogP contribution in [0.5, 0.6) is 5.75 Å². The van der Waals surface area contributed by atoms with E-state index in [2.05, 4.69) is 51.8 Å². The van der Waals surface area contributed by atoms with Crippen LogP contribution in [0.2, 0.25) is 0 Å². The Labute approximate surface area is 111 Å². The molecule has 0 unspecified atom stereocenters. The molecule has 0 atom stereocenters. The molecule has 0 bridgehead atoms. The van der Waals surface area contributed by atoms with Crippen molar-refractivity contribution in [3.8, 4) is 5.75 Å². The molecular weight excluding hydrogens is 224 g/mol. The van der Waals surface area contributed by atoms with Crippen LogP contribution in [0.3, 0.4) is 0 Å². The number of rotatable bonds is 5. The molecule has 102 valence electrons. The van der Waals surface area contributed by atoms with Gasteiger partial charge in [-0.05, 0) is 47.1 Å². The van der Waals surface area contributed by atoms with Gasteiger partial charge in [-0.25, -0.2) is 0 Å². The maximum atomic E-state index is 6.04. The van der Waals surface area contributed by atoms with Gasteiger partial charge >= 0.3 is 0 Å². The van der Waals surface area contributed by atoms with E-state index in [1.165, 1.54) is 0 Å². The van der Waals surface area contributed by atoms with Crippen molar-refractivity contribution < 1.29 is 4.74 Å². The molecule has 0 amide bonds. The van der Waals surface area contributed by atoms with Crippen LogP contribution in [0.25, 0.3) is 0 Å². The van der Waals surface area contributed by atoms with E-state index in [-0.39, 0.29) is 11.1 Å². The average Bonchev–Trinajstić information content (AvgIpc) is 2.26. The van der Waals surface area contributed by atoms with Crippen LogP contribution < -0.4 is 10.1 Å². The zero-order chi connectivity index (χ0) is 13.8. The van der Waals surface area contributed by atoms with Gasteiger partial charge in [0, 0.05) is 23.8 Å². The minimum absolute atomic E-state index is 0.0980. The summed E-state index contributed by atoms with van der Waals surface area (Å²) in [5, 5.41) is 3.47. The first kappa shape index (κ1) is 15.0. The van der Waals surface area contributed by atoms with Crippen LogP contribution in [-0.4, -0.2) is 16.1 Å². The fraction of sp³-hybridized carbons (Fsp3) is 0.667. The Morgan fingerprint density at radius 1 is 1.22 bits per heavy atom. The third kappa shape index (κ3) is 5.05. The molecule has 0 aromatic carbocycles. The molecule has 1 aromatic rings. The summed E-state index contributed by atoms with van der Waals surface area (Å²) >= 11 is 0. The molecule has 3 heteroatoms. The van der Waals surface area contributed by atoms with E-state index in [0.29, 0.717) is 0 Å². The second-order valence-electron chi connectivity index (χ2n) is 6.30. The lowest BCUT2D eigenvalue weighted by atomic mass is 10.1.